The first-order valence-electron chi connectivity index (χ1n) is 4.57. The fraction of sp³-hybridized carbons (Fsp3) is 0.182. The van der Waals surface area contributed by atoms with Gasteiger partial charge >= 0.3 is 0 Å². The molecule has 80 valence electrons. The first kappa shape index (κ1) is 11.3. The number of amides is 1. The fourth-order valence-electron chi connectivity index (χ4n) is 1.18. The lowest BCUT2D eigenvalue weighted by atomic mass is 10.1. The van der Waals surface area contributed by atoms with Crippen molar-refractivity contribution in [1.29, 1.82) is 0 Å². The van der Waals surface area contributed by atoms with Crippen LogP contribution < -0.4 is 11.5 Å². The number of nitrogens with two attached hydrogens (primary N) is 2. The molecular formula is C11H14N2O2. The summed E-state index contributed by atoms with van der Waals surface area (Å²) in [6, 6.07) is 5.30. The molecule has 5 N–H and O–H groups in total. The molecule has 1 aromatic carbocycles. The molecule has 0 spiro atoms. The fourth-order valence-corrected chi connectivity index (χ4v) is 1.18. The number of anilines is 1. The Morgan fingerprint density at radius 3 is 2.80 bits per heavy atom. The Kier molecular flexibility index (Phi) is 3.88. The van der Waals surface area contributed by atoms with E-state index in [1.807, 2.05) is 6.07 Å². The zero-order valence-electron chi connectivity index (χ0n) is 8.31. The predicted molar refractivity (Wildman–Crippen MR) is 59.6 cm³/mol. The van der Waals surface area contributed by atoms with E-state index in [9.17, 15) is 4.79 Å². The molecular weight excluding hydrogens is 192 g/mol. The van der Waals surface area contributed by atoms with Crippen LogP contribution >= 0.6 is 0 Å². The highest BCUT2D eigenvalue weighted by atomic mass is 16.3. The third-order valence-corrected chi connectivity index (χ3v) is 1.97. The second kappa shape index (κ2) is 5.17. The molecule has 0 aliphatic carbocycles. The zero-order valence-corrected chi connectivity index (χ0v) is 8.31. The Hall–Kier alpha value is -1.81. The molecule has 0 saturated carbocycles. The number of primary amides is 1. The first-order chi connectivity index (χ1) is 7.13. The Bertz CT molecular complexity index is 386. The van der Waals surface area contributed by atoms with Gasteiger partial charge in [-0.1, -0.05) is 18.2 Å². The van der Waals surface area contributed by atoms with Crippen molar-refractivity contribution in [2.45, 2.75) is 13.0 Å². The maximum atomic E-state index is 10.5. The zero-order chi connectivity index (χ0) is 11.3. The maximum Gasteiger partial charge on any atom is 0.221 e. The van der Waals surface area contributed by atoms with E-state index in [4.69, 9.17) is 16.6 Å². The van der Waals surface area contributed by atoms with Crippen LogP contribution in [0.2, 0.25) is 0 Å². The summed E-state index contributed by atoms with van der Waals surface area (Å²) in [6.07, 6.45) is 3.65. The van der Waals surface area contributed by atoms with E-state index < -0.39 is 0 Å². The average Bonchev–Trinajstić information content (AvgIpc) is 2.20. The van der Waals surface area contributed by atoms with Crippen LogP contribution in [0.15, 0.2) is 24.3 Å². The van der Waals surface area contributed by atoms with Crippen LogP contribution in [0.3, 0.4) is 0 Å². The number of hydrogen-bond acceptors (Lipinski definition) is 3. The molecule has 4 heteroatoms. The summed E-state index contributed by atoms with van der Waals surface area (Å²) in [5, 5.41) is 8.98. The molecule has 0 unspecified atom stereocenters. The molecule has 0 radical (unpaired) electrons. The highest BCUT2D eigenvalue weighted by Gasteiger charge is 1.97. The van der Waals surface area contributed by atoms with Crippen LogP contribution in [0, 0.1) is 0 Å². The lowest BCUT2D eigenvalue weighted by Crippen LogP contribution is -2.07. The summed E-state index contributed by atoms with van der Waals surface area (Å²) in [5.41, 5.74) is 12.7. The molecule has 0 fully saturated rings. The van der Waals surface area contributed by atoms with Crippen molar-refractivity contribution in [3.8, 4) is 0 Å². The third kappa shape index (κ3) is 3.44. The van der Waals surface area contributed by atoms with Gasteiger partial charge in [0.25, 0.3) is 0 Å². The normalized spacial score (nSPS) is 10.7. The van der Waals surface area contributed by atoms with E-state index >= 15 is 0 Å². The molecule has 0 aromatic heterocycles. The average molecular weight is 206 g/mol. The quantitative estimate of drug-likeness (QED) is 0.632. The first-order valence-corrected chi connectivity index (χ1v) is 4.57. The van der Waals surface area contributed by atoms with Gasteiger partial charge in [0.1, 0.15) is 0 Å². The lowest BCUT2D eigenvalue weighted by Gasteiger charge is -2.02. The van der Waals surface area contributed by atoms with Crippen molar-refractivity contribution in [1.82, 2.24) is 0 Å². The molecule has 1 amide bonds. The number of rotatable bonds is 4. The van der Waals surface area contributed by atoms with E-state index in [0.717, 1.165) is 5.56 Å². The molecule has 1 rings (SSSR count). The summed E-state index contributed by atoms with van der Waals surface area (Å²) in [7, 11) is 0. The van der Waals surface area contributed by atoms with Gasteiger partial charge in [0.15, 0.2) is 0 Å². The summed E-state index contributed by atoms with van der Waals surface area (Å²) in [4.78, 5) is 10.5. The maximum absolute atomic E-state index is 10.5. The topological polar surface area (TPSA) is 89.3 Å². The van der Waals surface area contributed by atoms with E-state index in [2.05, 4.69) is 0 Å². The monoisotopic (exact) mass is 206 g/mol. The SMILES string of the molecule is NC(=O)CC=Cc1ccc(N)c(CO)c1. The number of benzene rings is 1. The molecule has 0 saturated heterocycles. The van der Waals surface area contributed by atoms with Gasteiger partial charge in [-0.2, -0.15) is 0 Å². The Morgan fingerprint density at radius 2 is 2.20 bits per heavy atom. The summed E-state index contributed by atoms with van der Waals surface area (Å²) < 4.78 is 0. The molecule has 0 aliphatic heterocycles. The molecule has 15 heavy (non-hydrogen) atoms. The third-order valence-electron chi connectivity index (χ3n) is 1.97. The van der Waals surface area contributed by atoms with Crippen LogP contribution in [0.25, 0.3) is 6.08 Å². The molecule has 0 heterocycles. The lowest BCUT2D eigenvalue weighted by molar-refractivity contribution is -0.117. The van der Waals surface area contributed by atoms with Crippen molar-refractivity contribution in [3.63, 3.8) is 0 Å². The van der Waals surface area contributed by atoms with Gasteiger partial charge in [0.2, 0.25) is 5.91 Å². The van der Waals surface area contributed by atoms with E-state index in [1.165, 1.54) is 0 Å². The van der Waals surface area contributed by atoms with Crippen molar-refractivity contribution in [2.75, 3.05) is 5.73 Å². The van der Waals surface area contributed by atoms with Crippen LogP contribution in [0.5, 0.6) is 0 Å². The van der Waals surface area contributed by atoms with Crippen molar-refractivity contribution >= 4 is 17.7 Å². The minimum atomic E-state index is -0.371. The standard InChI is InChI=1S/C11H14N2O2/c12-10-5-4-8(6-9(10)7-14)2-1-3-11(13)15/h1-2,4-6,14H,3,7,12H2,(H2,13,15). The van der Waals surface area contributed by atoms with Crippen LogP contribution in [-0.4, -0.2) is 11.0 Å². The molecule has 1 aromatic rings. The highest BCUT2D eigenvalue weighted by Crippen LogP contribution is 2.15. The minimum Gasteiger partial charge on any atom is -0.398 e. The Labute approximate surface area is 88.2 Å². The van der Waals surface area contributed by atoms with Crippen LogP contribution in [-0.2, 0) is 11.4 Å². The largest absolute Gasteiger partial charge is 0.398 e. The van der Waals surface area contributed by atoms with Gasteiger partial charge in [0, 0.05) is 17.7 Å². The van der Waals surface area contributed by atoms with Gasteiger partial charge in [0.05, 0.1) is 6.61 Å². The summed E-state index contributed by atoms with van der Waals surface area (Å²) in [5.74, 6) is -0.371. The van der Waals surface area contributed by atoms with Gasteiger partial charge in [-0.15, -0.1) is 0 Å². The van der Waals surface area contributed by atoms with Crippen molar-refractivity contribution in [3.05, 3.63) is 35.4 Å². The van der Waals surface area contributed by atoms with E-state index in [1.54, 1.807) is 24.3 Å². The highest BCUT2D eigenvalue weighted by molar-refractivity contribution is 5.76. The Morgan fingerprint density at radius 1 is 1.47 bits per heavy atom. The minimum absolute atomic E-state index is 0.0939. The van der Waals surface area contributed by atoms with Crippen LogP contribution in [0.4, 0.5) is 5.69 Å². The van der Waals surface area contributed by atoms with Gasteiger partial charge < -0.3 is 16.6 Å². The second-order valence-electron chi connectivity index (χ2n) is 3.19. The van der Waals surface area contributed by atoms with Gasteiger partial charge in [-0.25, -0.2) is 0 Å². The van der Waals surface area contributed by atoms with E-state index in [-0.39, 0.29) is 18.9 Å². The van der Waals surface area contributed by atoms with Gasteiger partial charge in [-0.05, 0) is 17.7 Å². The van der Waals surface area contributed by atoms with Crippen molar-refractivity contribution in [2.24, 2.45) is 5.73 Å². The number of carbonyl (C=O) groups is 1. The number of hydrogen-bond donors (Lipinski definition) is 3. The van der Waals surface area contributed by atoms with Crippen molar-refractivity contribution < 1.29 is 9.90 Å². The molecule has 0 aliphatic rings. The predicted octanol–water partition coefficient (Wildman–Crippen LogP) is 0.650. The van der Waals surface area contributed by atoms with Gasteiger partial charge in [-0.3, -0.25) is 4.79 Å². The number of aliphatic hydroxyl groups excluding tert-OH is 1. The number of aliphatic hydroxyl groups is 1. The van der Waals surface area contributed by atoms with Crippen LogP contribution in [0.1, 0.15) is 17.5 Å². The molecule has 4 nitrogen and oxygen atoms in total. The number of nitrogen functional groups attached to an aromatic ring is 1. The Balaban J connectivity index is 2.78. The summed E-state index contributed by atoms with van der Waals surface area (Å²) in [6.45, 7) is -0.0939. The smallest absolute Gasteiger partial charge is 0.221 e. The second-order valence-corrected chi connectivity index (χ2v) is 3.19. The summed E-state index contributed by atoms with van der Waals surface area (Å²) >= 11 is 0. The van der Waals surface area contributed by atoms with E-state index in [0.29, 0.717) is 11.3 Å². The molecule has 0 atom stereocenters. The molecule has 0 bridgehead atoms. The number of carbonyl (C=O) groups excluding carboxylic acids is 1.